The van der Waals surface area contributed by atoms with E-state index in [0.29, 0.717) is 0 Å². The van der Waals surface area contributed by atoms with Crippen molar-refractivity contribution in [1.82, 2.24) is 10.6 Å². The lowest BCUT2D eigenvalue weighted by Crippen LogP contribution is -2.47. The Balaban J connectivity index is 3.98. The predicted molar refractivity (Wildman–Crippen MR) is 56.3 cm³/mol. The van der Waals surface area contributed by atoms with Gasteiger partial charge in [0.2, 0.25) is 0 Å². The second-order valence-electron chi connectivity index (χ2n) is 3.04. The summed E-state index contributed by atoms with van der Waals surface area (Å²) in [6.07, 6.45) is -0.109. The number of carboxylic acids is 1. The molecule has 1 unspecified atom stereocenters. The van der Waals surface area contributed by atoms with E-state index in [1.807, 2.05) is 0 Å². The van der Waals surface area contributed by atoms with Crippen LogP contribution in [0.4, 0.5) is 4.79 Å². The van der Waals surface area contributed by atoms with Gasteiger partial charge in [-0.1, -0.05) is 0 Å². The largest absolute Gasteiger partial charge is 0.480 e. The summed E-state index contributed by atoms with van der Waals surface area (Å²) in [5.74, 6) is -1.87. The quantitative estimate of drug-likeness (QED) is 0.414. The molecule has 0 aliphatic heterocycles. The van der Waals surface area contributed by atoms with Gasteiger partial charge in [-0.15, -0.1) is 0 Å². The highest BCUT2D eigenvalue weighted by atomic mass is 16.5. The van der Waals surface area contributed by atoms with E-state index in [4.69, 9.17) is 10.2 Å². The number of aliphatic hydroxyl groups excluding tert-OH is 1. The minimum Gasteiger partial charge on any atom is -0.480 e. The number of aliphatic carboxylic acids is 1. The summed E-state index contributed by atoms with van der Waals surface area (Å²) in [6.45, 7) is 1.12. The SMILES string of the molecule is CCOC(=O)CNC(=O)NC(CCO)C(=O)O. The van der Waals surface area contributed by atoms with Crippen LogP contribution in [0.2, 0.25) is 0 Å². The van der Waals surface area contributed by atoms with Crippen molar-refractivity contribution < 1.29 is 29.3 Å². The molecule has 1 atom stereocenters. The van der Waals surface area contributed by atoms with Crippen molar-refractivity contribution in [3.8, 4) is 0 Å². The van der Waals surface area contributed by atoms with Crippen LogP contribution in [0.3, 0.4) is 0 Å². The molecule has 0 spiro atoms. The van der Waals surface area contributed by atoms with Crippen LogP contribution in [-0.4, -0.2) is 54.0 Å². The number of carbonyl (C=O) groups is 3. The molecule has 0 fully saturated rings. The number of carboxylic acid groups (broad SMARTS) is 1. The van der Waals surface area contributed by atoms with Gasteiger partial charge in [0, 0.05) is 13.0 Å². The van der Waals surface area contributed by atoms with Crippen LogP contribution in [0.25, 0.3) is 0 Å². The molecule has 8 nitrogen and oxygen atoms in total. The van der Waals surface area contributed by atoms with Gasteiger partial charge in [-0.2, -0.15) is 0 Å². The van der Waals surface area contributed by atoms with E-state index in [-0.39, 0.29) is 26.2 Å². The van der Waals surface area contributed by atoms with Crippen molar-refractivity contribution in [2.75, 3.05) is 19.8 Å². The molecule has 0 aliphatic rings. The smallest absolute Gasteiger partial charge is 0.326 e. The molecule has 0 rings (SSSR count). The summed E-state index contributed by atoms with van der Waals surface area (Å²) in [5, 5.41) is 21.5. The van der Waals surface area contributed by atoms with Crippen LogP contribution >= 0.6 is 0 Å². The number of esters is 1. The summed E-state index contributed by atoms with van der Waals surface area (Å²) in [6, 6.07) is -2.00. The van der Waals surface area contributed by atoms with Crippen LogP contribution in [0, 0.1) is 0 Å². The summed E-state index contributed by atoms with van der Waals surface area (Å²) >= 11 is 0. The normalized spacial score (nSPS) is 11.4. The third kappa shape index (κ3) is 7.12. The van der Waals surface area contributed by atoms with Crippen LogP contribution in [0.15, 0.2) is 0 Å². The van der Waals surface area contributed by atoms with Gasteiger partial charge in [-0.05, 0) is 6.92 Å². The molecular formula is C9H16N2O6. The summed E-state index contributed by atoms with van der Waals surface area (Å²) in [5.41, 5.74) is 0. The van der Waals surface area contributed by atoms with Crippen molar-refractivity contribution in [2.45, 2.75) is 19.4 Å². The van der Waals surface area contributed by atoms with Crippen molar-refractivity contribution in [3.63, 3.8) is 0 Å². The Morgan fingerprint density at radius 3 is 2.47 bits per heavy atom. The molecule has 0 saturated carbocycles. The minimum atomic E-state index is -1.26. The molecular weight excluding hydrogens is 232 g/mol. The fourth-order valence-corrected chi connectivity index (χ4v) is 0.960. The summed E-state index contributed by atoms with van der Waals surface area (Å²) in [7, 11) is 0. The zero-order valence-electron chi connectivity index (χ0n) is 9.43. The second kappa shape index (κ2) is 8.34. The Hall–Kier alpha value is -1.83. The average molecular weight is 248 g/mol. The van der Waals surface area contributed by atoms with Gasteiger partial charge in [0.15, 0.2) is 0 Å². The monoisotopic (exact) mass is 248 g/mol. The zero-order chi connectivity index (χ0) is 13.3. The molecule has 0 aromatic carbocycles. The highest BCUT2D eigenvalue weighted by Gasteiger charge is 2.19. The van der Waals surface area contributed by atoms with E-state index < -0.39 is 24.0 Å². The number of carbonyl (C=O) groups excluding carboxylic acids is 2. The molecule has 2 amide bonds. The first kappa shape index (κ1) is 15.2. The molecule has 0 aromatic rings. The van der Waals surface area contributed by atoms with E-state index in [1.54, 1.807) is 6.92 Å². The van der Waals surface area contributed by atoms with Crippen LogP contribution in [0.5, 0.6) is 0 Å². The lowest BCUT2D eigenvalue weighted by Gasteiger charge is -2.13. The Labute approximate surface area is 97.9 Å². The van der Waals surface area contributed by atoms with Gasteiger partial charge < -0.3 is 25.6 Å². The lowest BCUT2D eigenvalue weighted by molar-refractivity contribution is -0.141. The predicted octanol–water partition coefficient (Wildman–Crippen LogP) is -1.32. The maximum Gasteiger partial charge on any atom is 0.326 e. The first-order valence-corrected chi connectivity index (χ1v) is 5.04. The lowest BCUT2D eigenvalue weighted by atomic mass is 10.2. The van der Waals surface area contributed by atoms with Crippen LogP contribution < -0.4 is 10.6 Å². The molecule has 0 aliphatic carbocycles. The standard InChI is InChI=1S/C9H16N2O6/c1-2-17-7(13)5-10-9(16)11-6(3-4-12)8(14)15/h6,12H,2-5H2,1H3,(H,14,15)(H2,10,11,16). The van der Waals surface area contributed by atoms with E-state index in [2.05, 4.69) is 15.4 Å². The number of urea groups is 1. The van der Waals surface area contributed by atoms with Gasteiger partial charge in [-0.3, -0.25) is 4.79 Å². The number of aliphatic hydroxyl groups is 1. The number of amides is 2. The van der Waals surface area contributed by atoms with Crippen molar-refractivity contribution in [3.05, 3.63) is 0 Å². The highest BCUT2D eigenvalue weighted by molar-refractivity contribution is 5.84. The Morgan fingerprint density at radius 2 is 2.00 bits per heavy atom. The van der Waals surface area contributed by atoms with Crippen LogP contribution in [0.1, 0.15) is 13.3 Å². The number of hydrogen-bond acceptors (Lipinski definition) is 5. The molecule has 0 bridgehead atoms. The molecule has 98 valence electrons. The maximum atomic E-state index is 11.2. The Morgan fingerprint density at radius 1 is 1.35 bits per heavy atom. The van der Waals surface area contributed by atoms with E-state index in [1.165, 1.54) is 0 Å². The number of nitrogens with one attached hydrogen (secondary N) is 2. The molecule has 17 heavy (non-hydrogen) atoms. The third-order valence-corrected chi connectivity index (χ3v) is 1.72. The molecule has 0 aromatic heterocycles. The number of ether oxygens (including phenoxy) is 1. The van der Waals surface area contributed by atoms with Gasteiger partial charge in [0.25, 0.3) is 0 Å². The molecule has 0 radical (unpaired) electrons. The average Bonchev–Trinajstić information content (AvgIpc) is 2.26. The fourth-order valence-electron chi connectivity index (χ4n) is 0.960. The van der Waals surface area contributed by atoms with Crippen LogP contribution in [-0.2, 0) is 14.3 Å². The van der Waals surface area contributed by atoms with Crippen molar-refractivity contribution >= 4 is 18.0 Å². The van der Waals surface area contributed by atoms with Crippen molar-refractivity contribution in [2.24, 2.45) is 0 Å². The minimum absolute atomic E-state index is 0.109. The second-order valence-corrected chi connectivity index (χ2v) is 3.04. The molecule has 4 N–H and O–H groups in total. The first-order chi connectivity index (χ1) is 8.01. The Bertz CT molecular complexity index is 281. The van der Waals surface area contributed by atoms with Crippen molar-refractivity contribution in [1.29, 1.82) is 0 Å². The van der Waals surface area contributed by atoms with Gasteiger partial charge in [-0.25, -0.2) is 9.59 Å². The third-order valence-electron chi connectivity index (χ3n) is 1.72. The fraction of sp³-hybridized carbons (Fsp3) is 0.667. The van der Waals surface area contributed by atoms with Gasteiger partial charge in [0.05, 0.1) is 6.61 Å². The van der Waals surface area contributed by atoms with E-state index >= 15 is 0 Å². The molecule has 0 heterocycles. The van der Waals surface area contributed by atoms with Gasteiger partial charge >= 0.3 is 18.0 Å². The molecule has 0 saturated heterocycles. The summed E-state index contributed by atoms with van der Waals surface area (Å²) in [4.78, 5) is 32.7. The van der Waals surface area contributed by atoms with E-state index in [9.17, 15) is 14.4 Å². The first-order valence-electron chi connectivity index (χ1n) is 5.04. The topological polar surface area (TPSA) is 125 Å². The highest BCUT2D eigenvalue weighted by Crippen LogP contribution is 1.90. The van der Waals surface area contributed by atoms with Gasteiger partial charge in [0.1, 0.15) is 12.6 Å². The maximum absolute atomic E-state index is 11.2. The molecule has 8 heteroatoms. The van der Waals surface area contributed by atoms with E-state index in [0.717, 1.165) is 0 Å². The Kier molecular flexibility index (Phi) is 7.44. The number of hydrogen-bond donors (Lipinski definition) is 4. The number of rotatable bonds is 7. The summed E-state index contributed by atoms with van der Waals surface area (Å²) < 4.78 is 4.55. The zero-order valence-corrected chi connectivity index (χ0v) is 9.43.